The van der Waals surface area contributed by atoms with Gasteiger partial charge in [0.1, 0.15) is 0 Å². The summed E-state index contributed by atoms with van der Waals surface area (Å²) in [7, 11) is 2.23. The number of nitrogens with zero attached hydrogens (tertiary/aromatic N) is 2. The minimum atomic E-state index is 0.504. The number of likely N-dealkylation sites (tertiary alicyclic amines) is 1. The van der Waals surface area contributed by atoms with Crippen molar-refractivity contribution in [3.05, 3.63) is 22.4 Å². The number of piperidine rings is 1. The lowest BCUT2D eigenvalue weighted by Gasteiger charge is -2.39. The van der Waals surface area contributed by atoms with E-state index in [2.05, 4.69) is 53.6 Å². The van der Waals surface area contributed by atoms with Crippen molar-refractivity contribution in [1.29, 1.82) is 0 Å². The highest BCUT2D eigenvalue weighted by Gasteiger charge is 2.30. The van der Waals surface area contributed by atoms with E-state index in [1.54, 1.807) is 0 Å². The molecule has 0 aliphatic carbocycles. The highest BCUT2D eigenvalue weighted by Crippen LogP contribution is 2.36. The van der Waals surface area contributed by atoms with Gasteiger partial charge in [-0.3, -0.25) is 9.89 Å². The SMILES string of the molecule is CC(C)CN=C(N)NCC1CCCN(C)C1c1cccs1. The van der Waals surface area contributed by atoms with Crippen LogP contribution in [0.15, 0.2) is 22.5 Å². The van der Waals surface area contributed by atoms with Gasteiger partial charge in [0.05, 0.1) is 0 Å². The van der Waals surface area contributed by atoms with Crippen molar-refractivity contribution in [2.45, 2.75) is 32.7 Å². The molecule has 2 unspecified atom stereocenters. The average molecular weight is 308 g/mol. The van der Waals surface area contributed by atoms with Crippen LogP contribution in [0, 0.1) is 11.8 Å². The van der Waals surface area contributed by atoms with Gasteiger partial charge < -0.3 is 11.1 Å². The fourth-order valence-corrected chi connectivity index (χ4v) is 3.94. The molecule has 3 N–H and O–H groups in total. The zero-order chi connectivity index (χ0) is 15.2. The summed E-state index contributed by atoms with van der Waals surface area (Å²) in [6, 6.07) is 4.90. The molecule has 1 aliphatic rings. The van der Waals surface area contributed by atoms with E-state index in [1.807, 2.05) is 11.3 Å². The Morgan fingerprint density at radius 2 is 2.38 bits per heavy atom. The van der Waals surface area contributed by atoms with E-state index in [1.165, 1.54) is 24.3 Å². The molecule has 2 rings (SSSR count). The van der Waals surface area contributed by atoms with Crippen LogP contribution in [0.4, 0.5) is 0 Å². The Labute approximate surface area is 132 Å². The minimum Gasteiger partial charge on any atom is -0.370 e. The Balaban J connectivity index is 1.95. The summed E-state index contributed by atoms with van der Waals surface area (Å²) in [5.74, 6) is 1.72. The second kappa shape index (κ2) is 7.80. The number of hydrogen-bond donors (Lipinski definition) is 2. The van der Waals surface area contributed by atoms with Gasteiger partial charge in [0.2, 0.25) is 0 Å². The zero-order valence-corrected chi connectivity index (χ0v) is 14.2. The quantitative estimate of drug-likeness (QED) is 0.649. The molecule has 1 saturated heterocycles. The maximum absolute atomic E-state index is 5.97. The number of hydrogen-bond acceptors (Lipinski definition) is 3. The van der Waals surface area contributed by atoms with Crippen molar-refractivity contribution >= 4 is 17.3 Å². The fourth-order valence-electron chi connectivity index (χ4n) is 2.95. The Morgan fingerprint density at radius 1 is 1.57 bits per heavy atom. The van der Waals surface area contributed by atoms with Gasteiger partial charge in [-0.05, 0) is 49.7 Å². The standard InChI is InChI=1S/C16H28N4S/c1-12(2)10-18-16(17)19-11-13-6-4-8-20(3)15(13)14-7-5-9-21-14/h5,7,9,12-13,15H,4,6,8,10-11H2,1-3H3,(H3,17,18,19). The van der Waals surface area contributed by atoms with E-state index in [0.29, 0.717) is 23.8 Å². The average Bonchev–Trinajstić information content (AvgIpc) is 2.96. The third kappa shape index (κ3) is 4.71. The van der Waals surface area contributed by atoms with Crippen LogP contribution in [0.3, 0.4) is 0 Å². The van der Waals surface area contributed by atoms with Gasteiger partial charge in [-0.25, -0.2) is 0 Å². The monoisotopic (exact) mass is 308 g/mol. The second-order valence-corrected chi connectivity index (χ2v) is 7.32. The zero-order valence-electron chi connectivity index (χ0n) is 13.4. The van der Waals surface area contributed by atoms with E-state index in [0.717, 1.165) is 13.1 Å². The van der Waals surface area contributed by atoms with Gasteiger partial charge >= 0.3 is 0 Å². The molecule has 1 aromatic rings. The number of aliphatic imine (C=N–C) groups is 1. The van der Waals surface area contributed by atoms with Crippen LogP contribution < -0.4 is 11.1 Å². The first kappa shape index (κ1) is 16.3. The number of guanidine groups is 1. The molecule has 2 heterocycles. The molecule has 0 spiro atoms. The predicted molar refractivity (Wildman–Crippen MR) is 91.7 cm³/mol. The maximum atomic E-state index is 5.97. The maximum Gasteiger partial charge on any atom is 0.188 e. The van der Waals surface area contributed by atoms with E-state index in [9.17, 15) is 0 Å². The topological polar surface area (TPSA) is 53.6 Å². The smallest absolute Gasteiger partial charge is 0.188 e. The van der Waals surface area contributed by atoms with Gasteiger partial charge in [-0.15, -0.1) is 11.3 Å². The van der Waals surface area contributed by atoms with Crippen LogP contribution in [0.2, 0.25) is 0 Å². The molecule has 1 aromatic heterocycles. The van der Waals surface area contributed by atoms with E-state index < -0.39 is 0 Å². The van der Waals surface area contributed by atoms with Gasteiger partial charge in [0, 0.05) is 24.0 Å². The molecule has 118 valence electrons. The number of nitrogens with two attached hydrogens (primary N) is 1. The summed E-state index contributed by atoms with van der Waals surface area (Å²) < 4.78 is 0. The van der Waals surface area contributed by atoms with Crippen molar-refractivity contribution in [3.63, 3.8) is 0 Å². The third-order valence-corrected chi connectivity index (χ3v) is 4.96. The van der Waals surface area contributed by atoms with Gasteiger partial charge in [-0.2, -0.15) is 0 Å². The molecule has 0 bridgehead atoms. The molecule has 0 saturated carbocycles. The van der Waals surface area contributed by atoms with Crippen molar-refractivity contribution in [3.8, 4) is 0 Å². The Morgan fingerprint density at radius 3 is 3.05 bits per heavy atom. The molecule has 1 fully saturated rings. The fraction of sp³-hybridized carbons (Fsp3) is 0.688. The van der Waals surface area contributed by atoms with Gasteiger partial charge in [0.15, 0.2) is 5.96 Å². The molecule has 0 radical (unpaired) electrons. The van der Waals surface area contributed by atoms with Crippen LogP contribution in [-0.4, -0.2) is 37.5 Å². The lowest BCUT2D eigenvalue weighted by molar-refractivity contribution is 0.125. The summed E-state index contributed by atoms with van der Waals surface area (Å²) in [6.45, 7) is 7.17. The molecule has 0 amide bonds. The molecule has 5 heteroatoms. The second-order valence-electron chi connectivity index (χ2n) is 6.34. The number of thiophene rings is 1. The van der Waals surface area contributed by atoms with Crippen molar-refractivity contribution in [2.24, 2.45) is 22.6 Å². The van der Waals surface area contributed by atoms with E-state index in [4.69, 9.17) is 5.73 Å². The molecular formula is C16H28N4S. The van der Waals surface area contributed by atoms with Crippen LogP contribution in [0.1, 0.15) is 37.6 Å². The molecule has 0 aromatic carbocycles. The van der Waals surface area contributed by atoms with Gasteiger partial charge in [0.25, 0.3) is 0 Å². The third-order valence-electron chi connectivity index (χ3n) is 4.01. The first-order valence-corrected chi connectivity index (χ1v) is 8.73. The number of rotatable bonds is 5. The number of nitrogens with one attached hydrogen (secondary N) is 1. The lowest BCUT2D eigenvalue weighted by Crippen LogP contribution is -2.43. The molecule has 4 nitrogen and oxygen atoms in total. The molecule has 2 atom stereocenters. The Kier molecular flexibility index (Phi) is 6.06. The van der Waals surface area contributed by atoms with Crippen molar-refractivity contribution in [1.82, 2.24) is 10.2 Å². The summed E-state index contributed by atoms with van der Waals surface area (Å²) in [6.07, 6.45) is 2.51. The minimum absolute atomic E-state index is 0.504. The van der Waals surface area contributed by atoms with E-state index >= 15 is 0 Å². The van der Waals surface area contributed by atoms with Crippen LogP contribution >= 0.6 is 11.3 Å². The Bertz CT molecular complexity index is 441. The first-order chi connectivity index (χ1) is 10.1. The molecule has 1 aliphatic heterocycles. The predicted octanol–water partition coefficient (Wildman–Crippen LogP) is 2.69. The highest BCUT2D eigenvalue weighted by atomic mass is 32.1. The largest absolute Gasteiger partial charge is 0.370 e. The highest BCUT2D eigenvalue weighted by molar-refractivity contribution is 7.10. The van der Waals surface area contributed by atoms with Crippen molar-refractivity contribution in [2.75, 3.05) is 26.7 Å². The summed E-state index contributed by atoms with van der Waals surface area (Å²) in [4.78, 5) is 8.32. The molecule has 21 heavy (non-hydrogen) atoms. The Hall–Kier alpha value is -1.07. The van der Waals surface area contributed by atoms with Crippen LogP contribution in [-0.2, 0) is 0 Å². The van der Waals surface area contributed by atoms with Crippen LogP contribution in [0.25, 0.3) is 0 Å². The summed E-state index contributed by atoms with van der Waals surface area (Å²) >= 11 is 1.85. The summed E-state index contributed by atoms with van der Waals surface area (Å²) in [5.41, 5.74) is 5.97. The molecular weight excluding hydrogens is 280 g/mol. The normalized spacial score (nSPS) is 24.5. The van der Waals surface area contributed by atoms with E-state index in [-0.39, 0.29) is 0 Å². The van der Waals surface area contributed by atoms with Crippen molar-refractivity contribution < 1.29 is 0 Å². The first-order valence-electron chi connectivity index (χ1n) is 7.85. The summed E-state index contributed by atoms with van der Waals surface area (Å²) in [5, 5.41) is 5.49. The van der Waals surface area contributed by atoms with Crippen LogP contribution in [0.5, 0.6) is 0 Å². The van der Waals surface area contributed by atoms with Gasteiger partial charge in [-0.1, -0.05) is 19.9 Å². The lowest BCUT2D eigenvalue weighted by atomic mass is 9.88.